The van der Waals surface area contributed by atoms with Crippen molar-refractivity contribution in [3.05, 3.63) is 83.5 Å². The molecule has 10 heteroatoms. The van der Waals surface area contributed by atoms with Crippen molar-refractivity contribution in [2.75, 3.05) is 49.1 Å². The van der Waals surface area contributed by atoms with Gasteiger partial charge in [-0.2, -0.15) is 13.2 Å². The van der Waals surface area contributed by atoms with E-state index in [9.17, 15) is 17.6 Å². The Kier molecular flexibility index (Phi) is 7.26. The van der Waals surface area contributed by atoms with Crippen LogP contribution in [-0.4, -0.2) is 49.2 Å². The molecule has 4 aromatic rings. The number of benzene rings is 3. The van der Waals surface area contributed by atoms with Crippen molar-refractivity contribution in [2.24, 2.45) is 0 Å². The minimum Gasteiger partial charge on any atom is -0.346 e. The van der Waals surface area contributed by atoms with E-state index in [1.807, 2.05) is 34.5 Å². The molecule has 1 saturated heterocycles. The van der Waals surface area contributed by atoms with Gasteiger partial charge in [0.1, 0.15) is 5.82 Å². The van der Waals surface area contributed by atoms with Gasteiger partial charge in [0.15, 0.2) is 5.13 Å². The number of fused-ring (bicyclic) bond motifs is 2. The first kappa shape index (κ1) is 26.2. The van der Waals surface area contributed by atoms with Gasteiger partial charge in [0.05, 0.1) is 22.6 Å². The van der Waals surface area contributed by atoms with Crippen LogP contribution in [0.4, 0.5) is 34.1 Å². The Morgan fingerprint density at radius 1 is 0.821 bits per heavy atom. The molecule has 0 atom stereocenters. The van der Waals surface area contributed by atoms with Gasteiger partial charge in [0.25, 0.3) is 0 Å². The van der Waals surface area contributed by atoms with Crippen LogP contribution in [-0.2, 0) is 6.18 Å². The van der Waals surface area contributed by atoms with Crippen LogP contribution in [0.15, 0.2) is 81.9 Å². The van der Waals surface area contributed by atoms with Gasteiger partial charge in [0, 0.05) is 53.5 Å². The molecule has 2 aliphatic rings. The third-order valence-electron chi connectivity index (χ3n) is 7.08. The number of alkyl halides is 3. The highest BCUT2D eigenvalue weighted by Crippen LogP contribution is 2.49. The fourth-order valence-corrected chi connectivity index (χ4v) is 6.99. The summed E-state index contributed by atoms with van der Waals surface area (Å²) in [7, 11) is 0. The Morgan fingerprint density at radius 3 is 2.33 bits per heavy atom. The van der Waals surface area contributed by atoms with Gasteiger partial charge in [-0.15, -0.1) is 11.3 Å². The number of hydrogen-bond acceptors (Lipinski definition) is 6. The predicted molar refractivity (Wildman–Crippen MR) is 150 cm³/mol. The molecule has 1 aromatic heterocycles. The predicted octanol–water partition coefficient (Wildman–Crippen LogP) is 7.78. The Hall–Kier alpha value is -3.08. The SMILES string of the molecule is Fc1ccc(-c2csc(N3CCN(CCCN4c5ccccc5Sc5ccc(C(F)(F)F)cc54)CC3)n2)cc1. The van der Waals surface area contributed by atoms with E-state index in [0.29, 0.717) is 12.2 Å². The minimum atomic E-state index is -4.38. The largest absolute Gasteiger partial charge is 0.416 e. The topological polar surface area (TPSA) is 22.6 Å². The first-order valence-corrected chi connectivity index (χ1v) is 14.5. The molecule has 3 aromatic carbocycles. The maximum atomic E-state index is 13.5. The van der Waals surface area contributed by atoms with Crippen molar-refractivity contribution in [1.29, 1.82) is 0 Å². The summed E-state index contributed by atoms with van der Waals surface area (Å²) in [5.74, 6) is -0.260. The number of hydrogen-bond donors (Lipinski definition) is 0. The molecule has 0 N–H and O–H groups in total. The quantitative estimate of drug-likeness (QED) is 0.220. The normalized spacial score (nSPS) is 15.8. The van der Waals surface area contributed by atoms with E-state index in [2.05, 4.69) is 9.80 Å². The molecule has 1 fully saturated rings. The lowest BCUT2D eigenvalue weighted by atomic mass is 10.1. The minimum absolute atomic E-state index is 0.260. The van der Waals surface area contributed by atoms with Crippen LogP contribution in [0.25, 0.3) is 11.3 Å². The fraction of sp³-hybridized carbons (Fsp3) is 0.276. The Labute approximate surface area is 232 Å². The molecule has 0 saturated carbocycles. The van der Waals surface area contributed by atoms with Gasteiger partial charge in [-0.25, -0.2) is 9.37 Å². The fourth-order valence-electron chi connectivity index (χ4n) is 5.02. The third-order valence-corrected chi connectivity index (χ3v) is 9.12. The molecule has 202 valence electrons. The van der Waals surface area contributed by atoms with E-state index in [-0.39, 0.29) is 5.82 Å². The van der Waals surface area contributed by atoms with Crippen LogP contribution in [0.3, 0.4) is 0 Å². The van der Waals surface area contributed by atoms with Crippen LogP contribution in [0.5, 0.6) is 0 Å². The molecule has 3 heterocycles. The zero-order valence-corrected chi connectivity index (χ0v) is 22.6. The second-order valence-electron chi connectivity index (χ2n) is 9.61. The van der Waals surface area contributed by atoms with E-state index >= 15 is 0 Å². The van der Waals surface area contributed by atoms with E-state index in [1.54, 1.807) is 29.5 Å². The molecule has 4 nitrogen and oxygen atoms in total. The number of nitrogens with zero attached hydrogens (tertiary/aromatic N) is 4. The molecule has 6 rings (SSSR count). The Balaban J connectivity index is 1.08. The van der Waals surface area contributed by atoms with Crippen molar-refractivity contribution in [1.82, 2.24) is 9.88 Å². The number of aromatic nitrogens is 1. The van der Waals surface area contributed by atoms with Crippen LogP contribution in [0.1, 0.15) is 12.0 Å². The molecule has 0 unspecified atom stereocenters. The molecule has 0 bridgehead atoms. The van der Waals surface area contributed by atoms with Crippen LogP contribution in [0, 0.1) is 5.82 Å². The smallest absolute Gasteiger partial charge is 0.346 e. The molecule has 0 radical (unpaired) electrons. The zero-order chi connectivity index (χ0) is 27.0. The van der Waals surface area contributed by atoms with Crippen molar-refractivity contribution >= 4 is 39.6 Å². The van der Waals surface area contributed by atoms with Crippen molar-refractivity contribution in [3.63, 3.8) is 0 Å². The number of rotatable bonds is 6. The summed E-state index contributed by atoms with van der Waals surface area (Å²) in [6.45, 7) is 5.01. The van der Waals surface area contributed by atoms with Gasteiger partial charge in [-0.05, 0) is 67.6 Å². The summed E-state index contributed by atoms with van der Waals surface area (Å²) in [4.78, 5) is 13.4. The van der Waals surface area contributed by atoms with Crippen LogP contribution in [0.2, 0.25) is 0 Å². The first-order valence-electron chi connectivity index (χ1n) is 12.8. The van der Waals surface area contributed by atoms with Crippen molar-refractivity contribution in [3.8, 4) is 11.3 Å². The zero-order valence-electron chi connectivity index (χ0n) is 21.0. The van der Waals surface area contributed by atoms with Gasteiger partial charge in [0.2, 0.25) is 0 Å². The second kappa shape index (κ2) is 10.8. The van der Waals surface area contributed by atoms with Crippen molar-refractivity contribution < 1.29 is 17.6 Å². The molecular weight excluding hydrogens is 544 g/mol. The summed E-state index contributed by atoms with van der Waals surface area (Å²) < 4.78 is 53.7. The lowest BCUT2D eigenvalue weighted by molar-refractivity contribution is -0.137. The maximum absolute atomic E-state index is 13.5. The second-order valence-corrected chi connectivity index (χ2v) is 11.5. The average Bonchev–Trinajstić information content (AvgIpc) is 3.43. The summed E-state index contributed by atoms with van der Waals surface area (Å²) in [5.41, 5.74) is 2.72. The lowest BCUT2D eigenvalue weighted by Gasteiger charge is -2.36. The lowest BCUT2D eigenvalue weighted by Crippen LogP contribution is -2.47. The number of para-hydroxylation sites is 1. The Bertz CT molecular complexity index is 1450. The summed E-state index contributed by atoms with van der Waals surface area (Å²) in [6.07, 6.45) is -3.54. The molecule has 0 spiro atoms. The molecule has 0 aliphatic carbocycles. The molecular formula is C29H26F4N4S2. The number of halogens is 4. The average molecular weight is 571 g/mol. The van der Waals surface area contributed by atoms with Gasteiger partial charge in [-0.3, -0.25) is 4.90 Å². The van der Waals surface area contributed by atoms with Gasteiger partial charge >= 0.3 is 6.18 Å². The molecule has 39 heavy (non-hydrogen) atoms. The monoisotopic (exact) mass is 570 g/mol. The standard InChI is InChI=1S/C29H26F4N4S2/c30-22-9-6-20(7-10-22)23-19-38-28(34-23)36-16-14-35(15-17-36)12-3-13-37-24-4-1-2-5-26(24)39-27-11-8-21(18-25(27)37)29(31,32)33/h1-2,4-11,18-19H,3,12-17H2. The highest BCUT2D eigenvalue weighted by atomic mass is 32.2. The van der Waals surface area contributed by atoms with E-state index in [1.165, 1.54) is 36.0 Å². The summed E-state index contributed by atoms with van der Waals surface area (Å²) in [6, 6.07) is 18.3. The highest BCUT2D eigenvalue weighted by molar-refractivity contribution is 7.99. The maximum Gasteiger partial charge on any atom is 0.416 e. The van der Waals surface area contributed by atoms with E-state index < -0.39 is 11.7 Å². The van der Waals surface area contributed by atoms with E-state index in [4.69, 9.17) is 4.98 Å². The molecule has 2 aliphatic heterocycles. The molecule has 0 amide bonds. The van der Waals surface area contributed by atoms with Gasteiger partial charge < -0.3 is 9.80 Å². The summed E-state index contributed by atoms with van der Waals surface area (Å²) in [5, 5.41) is 2.97. The van der Waals surface area contributed by atoms with Gasteiger partial charge in [-0.1, -0.05) is 23.9 Å². The number of thiazole rings is 1. The van der Waals surface area contributed by atoms with Crippen molar-refractivity contribution in [2.45, 2.75) is 22.4 Å². The van der Waals surface area contributed by atoms with Crippen LogP contribution < -0.4 is 9.80 Å². The van der Waals surface area contributed by atoms with Crippen LogP contribution >= 0.6 is 23.1 Å². The summed E-state index contributed by atoms with van der Waals surface area (Å²) >= 11 is 3.12. The first-order chi connectivity index (χ1) is 18.8. The Morgan fingerprint density at radius 2 is 1.56 bits per heavy atom. The van der Waals surface area contributed by atoms with E-state index in [0.717, 1.165) is 71.0 Å². The third kappa shape index (κ3) is 5.64. The highest BCUT2D eigenvalue weighted by Gasteiger charge is 2.33. The number of piperazine rings is 1. The number of anilines is 3.